The summed E-state index contributed by atoms with van der Waals surface area (Å²) in [5.41, 5.74) is 19.1. The number of pyridine rings is 2. The van der Waals surface area contributed by atoms with Crippen molar-refractivity contribution in [2.24, 2.45) is 0 Å². The zero-order chi connectivity index (χ0) is 30.7. The second kappa shape index (κ2) is 8.99. The lowest BCUT2D eigenvalue weighted by Crippen LogP contribution is -2.17. The lowest BCUT2D eigenvalue weighted by molar-refractivity contribution is 0.652. The molecular formula is C43H34N2. The number of benzene rings is 5. The highest BCUT2D eigenvalue weighted by molar-refractivity contribution is 5.98. The average molecular weight is 579 g/mol. The van der Waals surface area contributed by atoms with Gasteiger partial charge in [-0.05, 0) is 105 Å². The summed E-state index contributed by atoms with van der Waals surface area (Å²) in [6, 6.07) is 38.2. The predicted octanol–water partition coefficient (Wildman–Crippen LogP) is 11.0. The number of rotatable bonds is 2. The highest BCUT2D eigenvalue weighted by atomic mass is 14.7. The fourth-order valence-corrected chi connectivity index (χ4v) is 8.28. The Kier molecular flexibility index (Phi) is 5.26. The molecular weight excluding hydrogens is 544 g/mol. The van der Waals surface area contributed by atoms with Gasteiger partial charge in [-0.25, -0.2) is 0 Å². The molecule has 0 atom stereocenters. The maximum Gasteiger partial charge on any atom is 0.0780 e. The van der Waals surface area contributed by atoms with Crippen molar-refractivity contribution in [3.8, 4) is 44.5 Å². The van der Waals surface area contributed by atoms with Crippen molar-refractivity contribution in [1.82, 2.24) is 9.97 Å². The van der Waals surface area contributed by atoms with Gasteiger partial charge in [0.2, 0.25) is 0 Å². The summed E-state index contributed by atoms with van der Waals surface area (Å²) >= 11 is 0. The zero-order valence-corrected chi connectivity index (χ0v) is 26.4. The molecule has 5 aromatic carbocycles. The number of nitrogens with zero attached hydrogens (tertiary/aromatic N) is 2. The minimum absolute atomic E-state index is 0.122. The second-order valence-electron chi connectivity index (χ2n) is 13.9. The molecule has 0 amide bonds. The summed E-state index contributed by atoms with van der Waals surface area (Å²) in [6.45, 7) is 11.8. The highest BCUT2D eigenvalue weighted by Gasteiger charge is 2.42. The van der Waals surface area contributed by atoms with Crippen molar-refractivity contribution in [1.29, 1.82) is 0 Å². The molecule has 7 aromatic rings. The Balaban J connectivity index is 1.20. The van der Waals surface area contributed by atoms with Crippen LogP contribution in [0.2, 0.25) is 0 Å². The minimum atomic E-state index is -0.125. The topological polar surface area (TPSA) is 25.8 Å². The highest BCUT2D eigenvalue weighted by Crippen LogP contribution is 2.57. The van der Waals surface area contributed by atoms with Gasteiger partial charge in [-0.1, -0.05) is 94.4 Å². The third-order valence-corrected chi connectivity index (χ3v) is 10.7. The van der Waals surface area contributed by atoms with Crippen LogP contribution in [0.1, 0.15) is 55.5 Å². The molecule has 0 saturated heterocycles. The Morgan fingerprint density at radius 3 is 1.67 bits per heavy atom. The summed E-state index contributed by atoms with van der Waals surface area (Å²) < 4.78 is 0. The van der Waals surface area contributed by atoms with Gasteiger partial charge >= 0.3 is 0 Å². The van der Waals surface area contributed by atoms with Crippen molar-refractivity contribution >= 4 is 21.8 Å². The fourth-order valence-electron chi connectivity index (χ4n) is 8.28. The van der Waals surface area contributed by atoms with Crippen LogP contribution in [0, 0.1) is 6.92 Å². The molecule has 0 aliphatic heterocycles. The van der Waals surface area contributed by atoms with E-state index in [-0.39, 0.29) is 10.8 Å². The predicted molar refractivity (Wildman–Crippen MR) is 188 cm³/mol. The molecule has 0 saturated carbocycles. The normalized spacial score (nSPS) is 15.1. The van der Waals surface area contributed by atoms with E-state index in [1.807, 2.05) is 24.5 Å². The monoisotopic (exact) mass is 578 g/mol. The van der Waals surface area contributed by atoms with Gasteiger partial charge in [0.1, 0.15) is 0 Å². The molecule has 0 N–H and O–H groups in total. The van der Waals surface area contributed by atoms with Crippen molar-refractivity contribution < 1.29 is 0 Å². The molecule has 2 aliphatic rings. The maximum absolute atomic E-state index is 4.77. The Morgan fingerprint density at radius 1 is 0.444 bits per heavy atom. The van der Waals surface area contributed by atoms with Crippen LogP contribution < -0.4 is 0 Å². The third kappa shape index (κ3) is 3.57. The Morgan fingerprint density at radius 2 is 0.978 bits per heavy atom. The molecule has 2 aliphatic carbocycles. The van der Waals surface area contributed by atoms with E-state index in [1.54, 1.807) is 0 Å². The van der Waals surface area contributed by atoms with Crippen LogP contribution in [0.25, 0.3) is 66.3 Å². The summed E-state index contributed by atoms with van der Waals surface area (Å²) in [5.74, 6) is 0. The van der Waals surface area contributed by atoms with E-state index < -0.39 is 0 Å². The van der Waals surface area contributed by atoms with E-state index in [4.69, 9.17) is 9.97 Å². The molecule has 0 fully saturated rings. The van der Waals surface area contributed by atoms with Gasteiger partial charge in [0.25, 0.3) is 0 Å². The first-order chi connectivity index (χ1) is 21.7. The number of hydrogen-bond acceptors (Lipinski definition) is 2. The van der Waals surface area contributed by atoms with Crippen LogP contribution >= 0.6 is 0 Å². The van der Waals surface area contributed by atoms with E-state index in [0.717, 1.165) is 11.0 Å². The number of fused-ring (bicyclic) bond motifs is 8. The fraction of sp³-hybridized carbons (Fsp3) is 0.163. The smallest absolute Gasteiger partial charge is 0.0780 e. The van der Waals surface area contributed by atoms with Gasteiger partial charge in [0.15, 0.2) is 0 Å². The van der Waals surface area contributed by atoms with Crippen molar-refractivity contribution in [2.75, 3.05) is 0 Å². The van der Waals surface area contributed by atoms with Crippen LogP contribution in [0.4, 0.5) is 0 Å². The first-order valence-corrected chi connectivity index (χ1v) is 15.9. The number of hydrogen-bond donors (Lipinski definition) is 0. The van der Waals surface area contributed by atoms with Crippen LogP contribution in [-0.2, 0) is 10.8 Å². The van der Waals surface area contributed by atoms with Crippen LogP contribution in [0.15, 0.2) is 116 Å². The molecule has 0 spiro atoms. The molecule has 2 aromatic heterocycles. The lowest BCUT2D eigenvalue weighted by Gasteiger charge is -2.24. The molecule has 2 heteroatoms. The molecule has 0 bridgehead atoms. The largest absolute Gasteiger partial charge is 0.256 e. The van der Waals surface area contributed by atoms with Gasteiger partial charge in [-0.15, -0.1) is 0 Å². The zero-order valence-electron chi connectivity index (χ0n) is 26.4. The minimum Gasteiger partial charge on any atom is -0.256 e. The van der Waals surface area contributed by atoms with Crippen LogP contribution in [0.5, 0.6) is 0 Å². The van der Waals surface area contributed by atoms with Gasteiger partial charge in [0, 0.05) is 45.1 Å². The average Bonchev–Trinajstić information content (AvgIpc) is 3.42. The molecule has 2 heterocycles. The maximum atomic E-state index is 4.77. The van der Waals surface area contributed by atoms with Gasteiger partial charge < -0.3 is 0 Å². The van der Waals surface area contributed by atoms with E-state index in [1.165, 1.54) is 83.1 Å². The second-order valence-corrected chi connectivity index (χ2v) is 13.9. The first-order valence-electron chi connectivity index (χ1n) is 15.9. The van der Waals surface area contributed by atoms with Crippen molar-refractivity contribution in [2.45, 2.75) is 45.4 Å². The van der Waals surface area contributed by atoms with Gasteiger partial charge in [0.05, 0.1) is 11.0 Å². The van der Waals surface area contributed by atoms with Gasteiger partial charge in [-0.2, -0.15) is 0 Å². The van der Waals surface area contributed by atoms with Crippen molar-refractivity contribution in [3.63, 3.8) is 0 Å². The number of aromatic nitrogens is 2. The number of aryl methyl sites for hydroxylation is 1. The Bertz CT molecular complexity index is 2380. The van der Waals surface area contributed by atoms with E-state index in [9.17, 15) is 0 Å². The number of para-hydroxylation sites is 2. The summed E-state index contributed by atoms with van der Waals surface area (Å²) in [4.78, 5) is 9.52. The molecule has 9 rings (SSSR count). The SMILES string of the molecule is Cc1cc(-c2cccc3cccnc23)cc2c1-c1cc3c(cc1C2(C)C)-c1ccc(-c2cccc4cccnc24)cc1C3(C)C. The quantitative estimate of drug-likeness (QED) is 0.204. The van der Waals surface area contributed by atoms with E-state index in [0.29, 0.717) is 0 Å². The third-order valence-electron chi connectivity index (χ3n) is 10.7. The molecule has 2 nitrogen and oxygen atoms in total. The lowest BCUT2D eigenvalue weighted by atomic mass is 9.79. The standard InChI is InChI=1S/C43H34N2/c1-25-20-29(31-15-7-11-27-13-9-19-45-41(27)31)22-38-39(25)34-24-36-33(23-37(34)43(38,4)5)32-17-16-28(21-35(32)42(36,2)3)30-14-6-10-26-12-8-18-44-40(26)30/h6-24H,1-5H3. The molecule has 0 unspecified atom stereocenters. The molecule has 45 heavy (non-hydrogen) atoms. The van der Waals surface area contributed by atoms with E-state index >= 15 is 0 Å². The van der Waals surface area contributed by atoms with E-state index in [2.05, 4.69) is 126 Å². The first kappa shape index (κ1) is 26.3. The summed E-state index contributed by atoms with van der Waals surface area (Å²) in [5, 5.41) is 2.35. The summed E-state index contributed by atoms with van der Waals surface area (Å²) in [7, 11) is 0. The molecule has 216 valence electrons. The molecule has 0 radical (unpaired) electrons. The van der Waals surface area contributed by atoms with Crippen molar-refractivity contribution in [3.05, 3.63) is 143 Å². The Hall–Kier alpha value is -5.08. The van der Waals surface area contributed by atoms with Crippen LogP contribution in [0.3, 0.4) is 0 Å². The summed E-state index contributed by atoms with van der Waals surface area (Å²) in [6.07, 6.45) is 3.79. The van der Waals surface area contributed by atoms with Crippen LogP contribution in [-0.4, -0.2) is 9.97 Å². The Labute approximate surface area is 264 Å². The van der Waals surface area contributed by atoms with Gasteiger partial charge in [-0.3, -0.25) is 9.97 Å².